The molecule has 13 heavy (non-hydrogen) atoms. The Morgan fingerprint density at radius 2 is 1.92 bits per heavy atom. The molecule has 1 nitrogen and oxygen atoms in total. The average molecular weight is 214 g/mol. The van der Waals surface area contributed by atoms with Crippen molar-refractivity contribution < 1.29 is 4.43 Å². The van der Waals surface area contributed by atoms with Crippen LogP contribution in [0.2, 0.25) is 18.1 Å². The van der Waals surface area contributed by atoms with Gasteiger partial charge in [0.2, 0.25) is 8.32 Å². The Bertz CT molecular complexity index is 259. The molecule has 0 N–H and O–H groups in total. The third-order valence-corrected chi connectivity index (χ3v) is 7.92. The molecule has 1 heterocycles. The SMILES string of the molecule is CC(C)(C)[Si](C)(C)Oc1cc[pH]c1. The van der Waals surface area contributed by atoms with Crippen LogP contribution in [0.1, 0.15) is 20.8 Å². The van der Waals surface area contributed by atoms with Crippen molar-refractivity contribution in [3.8, 4) is 5.75 Å². The van der Waals surface area contributed by atoms with Crippen LogP contribution in [-0.4, -0.2) is 8.32 Å². The van der Waals surface area contributed by atoms with Gasteiger partial charge in [-0.05, 0) is 35.8 Å². The van der Waals surface area contributed by atoms with Crippen molar-refractivity contribution >= 4 is 16.5 Å². The van der Waals surface area contributed by atoms with Crippen LogP contribution in [-0.2, 0) is 0 Å². The van der Waals surface area contributed by atoms with Crippen LogP contribution in [0.3, 0.4) is 0 Å². The van der Waals surface area contributed by atoms with Gasteiger partial charge in [-0.1, -0.05) is 20.8 Å². The first-order valence-corrected chi connectivity index (χ1v) is 8.71. The van der Waals surface area contributed by atoms with Gasteiger partial charge in [-0.25, -0.2) is 0 Å². The van der Waals surface area contributed by atoms with Crippen LogP contribution in [0.5, 0.6) is 5.75 Å². The Labute approximate surface area is 83.7 Å². The minimum absolute atomic E-state index is 0.299. The lowest BCUT2D eigenvalue weighted by Gasteiger charge is -2.36. The fraction of sp³-hybridized carbons (Fsp3) is 0.600. The van der Waals surface area contributed by atoms with Gasteiger partial charge >= 0.3 is 0 Å². The third kappa shape index (κ3) is 2.62. The van der Waals surface area contributed by atoms with Gasteiger partial charge in [0.05, 0.1) is 0 Å². The molecule has 0 saturated heterocycles. The van der Waals surface area contributed by atoms with E-state index in [4.69, 9.17) is 4.43 Å². The van der Waals surface area contributed by atoms with Crippen molar-refractivity contribution in [3.63, 3.8) is 0 Å². The zero-order valence-electron chi connectivity index (χ0n) is 9.14. The largest absolute Gasteiger partial charge is 0.543 e. The zero-order valence-corrected chi connectivity index (χ0v) is 11.1. The minimum Gasteiger partial charge on any atom is -0.543 e. The monoisotopic (exact) mass is 214 g/mol. The maximum absolute atomic E-state index is 6.08. The molecule has 3 heteroatoms. The van der Waals surface area contributed by atoms with Crippen molar-refractivity contribution in [2.45, 2.75) is 38.9 Å². The Balaban J connectivity index is 2.73. The van der Waals surface area contributed by atoms with Gasteiger partial charge in [-0.3, -0.25) is 0 Å². The van der Waals surface area contributed by atoms with Gasteiger partial charge in [0, 0.05) is 0 Å². The summed E-state index contributed by atoms with van der Waals surface area (Å²) < 4.78 is 6.08. The highest BCUT2D eigenvalue weighted by Gasteiger charge is 2.38. The maximum Gasteiger partial charge on any atom is 0.250 e. The molecule has 0 bridgehead atoms. The van der Waals surface area contributed by atoms with Crippen LogP contribution in [0.25, 0.3) is 0 Å². The smallest absolute Gasteiger partial charge is 0.250 e. The predicted molar refractivity (Wildman–Crippen MR) is 63.8 cm³/mol. The Hall–Kier alpha value is -0.203. The van der Waals surface area contributed by atoms with Gasteiger partial charge in [0.25, 0.3) is 0 Å². The quantitative estimate of drug-likeness (QED) is 0.673. The second kappa shape index (κ2) is 3.51. The lowest BCUT2D eigenvalue weighted by atomic mass is 10.2. The summed E-state index contributed by atoms with van der Waals surface area (Å²) in [6.07, 6.45) is 0. The highest BCUT2D eigenvalue weighted by molar-refractivity contribution is 7.28. The standard InChI is InChI=1S/C10H19OPSi/c1-10(2,3)13(4,5)11-9-6-7-12-8-9/h6-8,12H,1-5H3. The summed E-state index contributed by atoms with van der Waals surface area (Å²) in [5.41, 5.74) is 0. The molecule has 1 aromatic rings. The van der Waals surface area contributed by atoms with Crippen LogP contribution in [0.15, 0.2) is 17.7 Å². The van der Waals surface area contributed by atoms with Crippen molar-refractivity contribution in [1.82, 2.24) is 0 Å². The Morgan fingerprint density at radius 1 is 1.31 bits per heavy atom. The zero-order chi connectivity index (χ0) is 10.1. The lowest BCUT2D eigenvalue weighted by molar-refractivity contribution is 0.494. The van der Waals surface area contributed by atoms with Gasteiger partial charge < -0.3 is 4.43 Å². The van der Waals surface area contributed by atoms with E-state index in [2.05, 4.69) is 51.5 Å². The van der Waals surface area contributed by atoms with Gasteiger partial charge in [0.15, 0.2) is 0 Å². The van der Waals surface area contributed by atoms with Gasteiger partial charge in [-0.15, -0.1) is 8.19 Å². The van der Waals surface area contributed by atoms with Gasteiger partial charge in [0.1, 0.15) is 5.75 Å². The molecule has 0 radical (unpaired) electrons. The highest BCUT2D eigenvalue weighted by Crippen LogP contribution is 2.37. The van der Waals surface area contributed by atoms with Crippen LogP contribution in [0.4, 0.5) is 0 Å². The van der Waals surface area contributed by atoms with E-state index in [9.17, 15) is 0 Å². The van der Waals surface area contributed by atoms with Crippen molar-refractivity contribution in [3.05, 3.63) is 17.7 Å². The van der Waals surface area contributed by atoms with Crippen molar-refractivity contribution in [2.75, 3.05) is 0 Å². The second-order valence-electron chi connectivity index (χ2n) is 4.91. The third-order valence-electron chi connectivity index (χ3n) is 2.75. The van der Waals surface area contributed by atoms with Crippen LogP contribution in [0, 0.1) is 0 Å². The molecule has 0 aliphatic carbocycles. The molecule has 0 aromatic carbocycles. The molecule has 74 valence electrons. The Morgan fingerprint density at radius 3 is 2.31 bits per heavy atom. The van der Waals surface area contributed by atoms with E-state index < -0.39 is 8.32 Å². The van der Waals surface area contributed by atoms with Crippen molar-refractivity contribution in [2.24, 2.45) is 0 Å². The second-order valence-corrected chi connectivity index (χ2v) is 10.6. The average Bonchev–Trinajstić information content (AvgIpc) is 2.35. The summed E-state index contributed by atoms with van der Waals surface area (Å²) in [5.74, 6) is 5.44. The molecule has 1 rings (SSSR count). The molecule has 0 amide bonds. The van der Waals surface area contributed by atoms with E-state index in [1.54, 1.807) is 0 Å². The number of hydrogen-bond donors (Lipinski definition) is 0. The van der Waals surface area contributed by atoms with E-state index in [1.807, 2.05) is 0 Å². The summed E-state index contributed by atoms with van der Waals surface area (Å²) in [4.78, 5) is 0. The lowest BCUT2D eigenvalue weighted by Crippen LogP contribution is -2.43. The normalized spacial score (nSPS) is 13.6. The molecule has 1 unspecified atom stereocenters. The molecule has 0 spiro atoms. The highest BCUT2D eigenvalue weighted by atomic mass is 31.0. The summed E-state index contributed by atoms with van der Waals surface area (Å²) >= 11 is 0. The summed E-state index contributed by atoms with van der Waals surface area (Å²) in [6, 6.07) is 2.10. The molecule has 1 aromatic heterocycles. The molecule has 1 atom stereocenters. The van der Waals surface area contributed by atoms with Gasteiger partial charge in [-0.2, -0.15) is 0 Å². The first-order chi connectivity index (χ1) is 5.83. The van der Waals surface area contributed by atoms with E-state index in [0.717, 1.165) is 13.9 Å². The van der Waals surface area contributed by atoms with Crippen LogP contribution >= 0.6 is 8.19 Å². The van der Waals surface area contributed by atoms with E-state index >= 15 is 0 Å². The van der Waals surface area contributed by atoms with E-state index in [-0.39, 0.29) is 0 Å². The molecular formula is C10H19OPSi. The number of hydrogen-bond acceptors (Lipinski definition) is 1. The van der Waals surface area contributed by atoms with E-state index in [0.29, 0.717) is 5.04 Å². The molecule has 0 aliphatic heterocycles. The fourth-order valence-electron chi connectivity index (χ4n) is 0.820. The molecule has 0 saturated carbocycles. The molecule has 0 aliphatic rings. The topological polar surface area (TPSA) is 9.23 Å². The summed E-state index contributed by atoms with van der Waals surface area (Å²) in [7, 11) is -0.772. The van der Waals surface area contributed by atoms with E-state index in [1.165, 1.54) is 0 Å². The summed E-state index contributed by atoms with van der Waals surface area (Å²) in [5, 5.41) is 0.299. The molecular weight excluding hydrogens is 195 g/mol. The predicted octanol–water partition coefficient (Wildman–Crippen LogP) is 4.10. The number of rotatable bonds is 2. The maximum atomic E-state index is 6.08. The minimum atomic E-state index is -1.59. The fourth-order valence-corrected chi connectivity index (χ4v) is 2.64. The first kappa shape index (κ1) is 10.9. The van der Waals surface area contributed by atoms with Crippen LogP contribution < -0.4 is 4.43 Å². The van der Waals surface area contributed by atoms with Crippen molar-refractivity contribution in [1.29, 1.82) is 0 Å². The summed E-state index contributed by atoms with van der Waals surface area (Å²) in [6.45, 7) is 11.4. The molecule has 0 fully saturated rings. The Kier molecular flexibility index (Phi) is 2.94. The first-order valence-electron chi connectivity index (χ1n) is 4.65.